The van der Waals surface area contributed by atoms with Crippen molar-refractivity contribution in [3.63, 3.8) is 0 Å². The van der Waals surface area contributed by atoms with Gasteiger partial charge in [0.2, 0.25) is 0 Å². The van der Waals surface area contributed by atoms with Crippen molar-refractivity contribution in [2.24, 2.45) is 16.8 Å². The Morgan fingerprint density at radius 3 is 2.49 bits per heavy atom. The number of aliphatic imine (C=N–C) groups is 1. The summed E-state index contributed by atoms with van der Waals surface area (Å²) in [5, 5.41) is 3.83. The van der Waals surface area contributed by atoms with Gasteiger partial charge in [0.05, 0.1) is 34.7 Å². The number of aromatic nitrogens is 2. The average Bonchev–Trinajstić information content (AvgIpc) is 3.17. The molecule has 1 saturated carbocycles. The van der Waals surface area contributed by atoms with Crippen LogP contribution in [0.15, 0.2) is 52.7 Å². The molecule has 1 atom stereocenters. The molecule has 2 heterocycles. The molecule has 3 rings (SSSR count). The van der Waals surface area contributed by atoms with Crippen LogP contribution in [0.2, 0.25) is 0 Å². The van der Waals surface area contributed by atoms with Crippen LogP contribution >= 0.6 is 0 Å². The summed E-state index contributed by atoms with van der Waals surface area (Å²) in [7, 11) is 0. The molecule has 39 heavy (non-hydrogen) atoms. The van der Waals surface area contributed by atoms with Crippen molar-refractivity contribution in [1.82, 2.24) is 9.55 Å². The van der Waals surface area contributed by atoms with Gasteiger partial charge in [-0.3, -0.25) is 4.99 Å². The minimum atomic E-state index is 0.346. The number of aryl methyl sites for hydroxylation is 1. The summed E-state index contributed by atoms with van der Waals surface area (Å²) >= 11 is 0. The third-order valence-corrected chi connectivity index (χ3v) is 8.20. The standard InChI is InChI=1S/C35H52N4/c1-10-14-15-16-20-30(26(8)28-18-17-19-28)31-22-32(37-23-29(36-13-4)21-25(7)11-2)35-34(38-31)27(9)33(12-3)39(35)24(5)6/h13-16,20-22,24-25,28H,10-12,17-19,23H2,1-9H3,(H,37,38)/b15-14+,20-16-,29-21-,30-26-,36-13?. The number of fused-ring (bicyclic) bond motifs is 1. The smallest absolute Gasteiger partial charge is 0.0942 e. The molecule has 2 aromatic rings. The fourth-order valence-corrected chi connectivity index (χ4v) is 5.57. The zero-order valence-electron chi connectivity index (χ0n) is 26.1. The van der Waals surface area contributed by atoms with Gasteiger partial charge in [-0.25, -0.2) is 4.98 Å². The number of anilines is 1. The maximum absolute atomic E-state index is 5.39. The fourth-order valence-electron chi connectivity index (χ4n) is 5.57. The molecule has 1 unspecified atom stereocenters. The molecule has 0 amide bonds. The second-order valence-electron chi connectivity index (χ2n) is 11.3. The van der Waals surface area contributed by atoms with Gasteiger partial charge in [0.1, 0.15) is 0 Å². The van der Waals surface area contributed by atoms with E-state index in [-0.39, 0.29) is 0 Å². The van der Waals surface area contributed by atoms with Crippen molar-refractivity contribution in [3.8, 4) is 0 Å². The van der Waals surface area contributed by atoms with Gasteiger partial charge in [0.25, 0.3) is 0 Å². The highest BCUT2D eigenvalue weighted by atomic mass is 15.1. The Bertz CT molecular complexity index is 1260. The largest absolute Gasteiger partial charge is 0.378 e. The Morgan fingerprint density at radius 1 is 1.18 bits per heavy atom. The molecule has 0 aliphatic heterocycles. The summed E-state index contributed by atoms with van der Waals surface area (Å²) < 4.78 is 2.49. The molecule has 4 heteroatoms. The lowest BCUT2D eigenvalue weighted by Crippen LogP contribution is -2.14. The molecule has 0 radical (unpaired) electrons. The van der Waals surface area contributed by atoms with Gasteiger partial charge in [-0.05, 0) is 89.3 Å². The Morgan fingerprint density at radius 2 is 1.92 bits per heavy atom. The van der Waals surface area contributed by atoms with E-state index < -0.39 is 0 Å². The maximum Gasteiger partial charge on any atom is 0.0942 e. The summed E-state index contributed by atoms with van der Waals surface area (Å²) in [6.45, 7) is 20.7. The summed E-state index contributed by atoms with van der Waals surface area (Å²) in [5.74, 6) is 1.15. The lowest BCUT2D eigenvalue weighted by Gasteiger charge is -2.28. The predicted molar refractivity (Wildman–Crippen MR) is 173 cm³/mol. The first-order valence-electron chi connectivity index (χ1n) is 15.3. The minimum Gasteiger partial charge on any atom is -0.378 e. The molecule has 1 fully saturated rings. The number of nitrogens with zero attached hydrogens (tertiary/aromatic N) is 3. The van der Waals surface area contributed by atoms with Crippen molar-refractivity contribution in [2.75, 3.05) is 11.9 Å². The van der Waals surface area contributed by atoms with E-state index in [9.17, 15) is 0 Å². The quantitative estimate of drug-likeness (QED) is 0.208. The van der Waals surface area contributed by atoms with Crippen LogP contribution < -0.4 is 5.32 Å². The Hall–Kier alpha value is -2.88. The van der Waals surface area contributed by atoms with Crippen LogP contribution in [0.4, 0.5) is 5.69 Å². The summed E-state index contributed by atoms with van der Waals surface area (Å²) in [5.41, 5.74) is 11.0. The number of hydrogen-bond acceptors (Lipinski definition) is 3. The molecule has 0 bridgehead atoms. The SMILES string of the molecule is CC=N/C(=C\C(C)CC)CNc1cc(C(/C=C\C=C\CC)=C(/C)C2CCC2)nc2c(C)c(CC)n(C(C)C)c12. The normalized spacial score (nSPS) is 16.7. The van der Waals surface area contributed by atoms with E-state index >= 15 is 0 Å². The highest BCUT2D eigenvalue weighted by molar-refractivity contribution is 5.95. The monoisotopic (exact) mass is 528 g/mol. The van der Waals surface area contributed by atoms with Crippen molar-refractivity contribution in [3.05, 3.63) is 64.7 Å². The molecular formula is C35H52N4. The van der Waals surface area contributed by atoms with E-state index in [2.05, 4.69) is 102 Å². The third-order valence-electron chi connectivity index (χ3n) is 8.20. The Labute approximate surface area is 238 Å². The average molecular weight is 529 g/mol. The molecule has 0 aromatic carbocycles. The molecule has 212 valence electrons. The first-order chi connectivity index (χ1) is 18.8. The van der Waals surface area contributed by atoms with Gasteiger partial charge in [-0.2, -0.15) is 0 Å². The highest BCUT2D eigenvalue weighted by Crippen LogP contribution is 2.40. The predicted octanol–water partition coefficient (Wildman–Crippen LogP) is 10.0. The number of hydrogen-bond donors (Lipinski definition) is 1. The van der Waals surface area contributed by atoms with Gasteiger partial charge < -0.3 is 9.88 Å². The van der Waals surface area contributed by atoms with Gasteiger partial charge in [0.15, 0.2) is 0 Å². The summed E-state index contributed by atoms with van der Waals surface area (Å²) in [6.07, 6.45) is 20.1. The molecule has 2 aromatic heterocycles. The molecule has 0 spiro atoms. The van der Waals surface area contributed by atoms with Crippen LogP contribution in [0.3, 0.4) is 0 Å². The van der Waals surface area contributed by atoms with Crippen LogP contribution in [-0.4, -0.2) is 22.3 Å². The fraction of sp³-hybridized carbons (Fsp3) is 0.543. The number of pyridine rings is 1. The first-order valence-corrected chi connectivity index (χ1v) is 15.3. The molecule has 1 N–H and O–H groups in total. The number of nitrogens with one attached hydrogen (secondary N) is 1. The zero-order valence-corrected chi connectivity index (χ0v) is 26.1. The van der Waals surface area contributed by atoms with Crippen LogP contribution in [-0.2, 0) is 6.42 Å². The lowest BCUT2D eigenvalue weighted by atomic mass is 9.78. The van der Waals surface area contributed by atoms with E-state index in [1.54, 1.807) is 0 Å². The van der Waals surface area contributed by atoms with Crippen molar-refractivity contribution >= 4 is 28.5 Å². The van der Waals surface area contributed by atoms with Gasteiger partial charge in [-0.1, -0.05) is 76.5 Å². The van der Waals surface area contributed by atoms with Crippen molar-refractivity contribution in [1.29, 1.82) is 0 Å². The highest BCUT2D eigenvalue weighted by Gasteiger charge is 2.24. The first kappa shape index (κ1) is 30.7. The van der Waals surface area contributed by atoms with Crippen LogP contribution in [0, 0.1) is 18.8 Å². The molecule has 4 nitrogen and oxygen atoms in total. The molecular weight excluding hydrogens is 476 g/mol. The van der Waals surface area contributed by atoms with E-state index in [0.29, 0.717) is 24.4 Å². The van der Waals surface area contributed by atoms with Crippen molar-refractivity contribution in [2.45, 2.75) is 107 Å². The lowest BCUT2D eigenvalue weighted by molar-refractivity contribution is 0.369. The molecule has 0 saturated heterocycles. The van der Waals surface area contributed by atoms with E-state index in [1.165, 1.54) is 47.2 Å². The van der Waals surface area contributed by atoms with E-state index in [1.807, 2.05) is 13.1 Å². The van der Waals surface area contributed by atoms with Gasteiger partial charge in [-0.15, -0.1) is 0 Å². The number of rotatable bonds is 13. The van der Waals surface area contributed by atoms with Crippen LogP contribution in [0.1, 0.15) is 110 Å². The topological polar surface area (TPSA) is 42.2 Å². The second kappa shape index (κ2) is 14.5. The minimum absolute atomic E-state index is 0.346. The second-order valence-corrected chi connectivity index (χ2v) is 11.3. The Balaban J connectivity index is 2.25. The van der Waals surface area contributed by atoms with Crippen molar-refractivity contribution < 1.29 is 0 Å². The third kappa shape index (κ3) is 7.21. The zero-order chi connectivity index (χ0) is 28.5. The van der Waals surface area contributed by atoms with Crippen LogP contribution in [0.25, 0.3) is 16.6 Å². The van der Waals surface area contributed by atoms with Crippen LogP contribution in [0.5, 0.6) is 0 Å². The van der Waals surface area contributed by atoms with E-state index in [0.717, 1.165) is 41.9 Å². The maximum atomic E-state index is 5.39. The van der Waals surface area contributed by atoms with Gasteiger partial charge in [0, 0.05) is 18.0 Å². The number of allylic oxidation sites excluding steroid dienone is 7. The summed E-state index contributed by atoms with van der Waals surface area (Å²) in [4.78, 5) is 10.1. The van der Waals surface area contributed by atoms with E-state index in [4.69, 9.17) is 9.98 Å². The molecule has 1 aliphatic rings. The van der Waals surface area contributed by atoms with Gasteiger partial charge >= 0.3 is 0 Å². The Kier molecular flexibility index (Phi) is 11.4. The summed E-state index contributed by atoms with van der Waals surface area (Å²) in [6, 6.07) is 2.64. The molecule has 1 aliphatic carbocycles.